The number of aromatic nitrogens is 2. The van der Waals surface area contributed by atoms with Crippen LogP contribution in [0, 0.1) is 6.92 Å². The first kappa shape index (κ1) is 17.7. The van der Waals surface area contributed by atoms with E-state index in [4.69, 9.17) is 0 Å². The summed E-state index contributed by atoms with van der Waals surface area (Å²) in [6.07, 6.45) is 1.19. The Morgan fingerprint density at radius 1 is 1.30 bits per heavy atom. The van der Waals surface area contributed by atoms with Crippen LogP contribution in [-0.2, 0) is 11.3 Å². The Morgan fingerprint density at radius 3 is 2.74 bits per heavy atom. The van der Waals surface area contributed by atoms with Crippen molar-refractivity contribution < 1.29 is 14.7 Å². The molecule has 1 aromatic carbocycles. The molecule has 7 heteroatoms. The normalized spacial score (nSPS) is 19.7. The molecule has 1 fully saturated rings. The third-order valence-electron chi connectivity index (χ3n) is 5.34. The van der Waals surface area contributed by atoms with Gasteiger partial charge in [0.2, 0.25) is 0 Å². The Kier molecular flexibility index (Phi) is 4.26. The van der Waals surface area contributed by atoms with Crippen LogP contribution in [0.5, 0.6) is 0 Å². The van der Waals surface area contributed by atoms with Crippen LogP contribution in [0.1, 0.15) is 40.7 Å². The molecule has 27 heavy (non-hydrogen) atoms. The monoisotopic (exact) mass is 383 g/mol. The average Bonchev–Trinajstić information content (AvgIpc) is 3.32. The van der Waals surface area contributed by atoms with Crippen molar-refractivity contribution in [2.75, 3.05) is 6.54 Å². The van der Waals surface area contributed by atoms with E-state index < -0.39 is 11.5 Å². The molecule has 1 amide bonds. The molecule has 1 saturated heterocycles. The minimum Gasteiger partial charge on any atom is -0.480 e. The lowest BCUT2D eigenvalue weighted by atomic mass is 9.99. The summed E-state index contributed by atoms with van der Waals surface area (Å²) < 4.78 is 1.92. The van der Waals surface area contributed by atoms with E-state index in [9.17, 15) is 14.7 Å². The number of nitrogens with zero attached hydrogens (tertiary/aromatic N) is 3. The van der Waals surface area contributed by atoms with Gasteiger partial charge in [-0.25, -0.2) is 4.79 Å². The van der Waals surface area contributed by atoms with E-state index in [0.29, 0.717) is 30.8 Å². The second-order valence-corrected chi connectivity index (χ2v) is 8.23. The standard InChI is InChI=1S/C20H21N3O3S/c1-13-15-11-16(17(24)22-10-6-9-20(22,2)19(25)26)27-18(15)23(21-13)12-14-7-4-3-5-8-14/h3-5,7-8,11H,6,9-10,12H2,1-2H3,(H,25,26). The molecule has 1 N–H and O–H groups in total. The molecule has 3 aromatic rings. The third kappa shape index (κ3) is 2.92. The molecule has 0 aliphatic carbocycles. The fourth-order valence-corrected chi connectivity index (χ4v) is 4.84. The summed E-state index contributed by atoms with van der Waals surface area (Å²) in [7, 11) is 0. The third-order valence-corrected chi connectivity index (χ3v) is 6.48. The molecular weight excluding hydrogens is 362 g/mol. The highest BCUT2D eigenvalue weighted by Gasteiger charge is 2.46. The average molecular weight is 383 g/mol. The Balaban J connectivity index is 1.69. The largest absolute Gasteiger partial charge is 0.480 e. The van der Waals surface area contributed by atoms with Gasteiger partial charge in [0, 0.05) is 11.9 Å². The van der Waals surface area contributed by atoms with Gasteiger partial charge in [-0.3, -0.25) is 9.48 Å². The van der Waals surface area contributed by atoms with E-state index in [1.807, 2.05) is 48.0 Å². The second-order valence-electron chi connectivity index (χ2n) is 7.20. The lowest BCUT2D eigenvalue weighted by molar-refractivity contribution is -0.147. The van der Waals surface area contributed by atoms with Gasteiger partial charge in [-0.15, -0.1) is 11.3 Å². The maximum atomic E-state index is 13.1. The number of fused-ring (bicyclic) bond motifs is 1. The van der Waals surface area contributed by atoms with Crippen molar-refractivity contribution >= 4 is 33.4 Å². The van der Waals surface area contributed by atoms with Crippen LogP contribution in [0.3, 0.4) is 0 Å². The first-order valence-corrected chi connectivity index (χ1v) is 9.78. The zero-order chi connectivity index (χ0) is 19.2. The number of aryl methyl sites for hydroxylation is 1. The molecule has 6 nitrogen and oxygen atoms in total. The van der Waals surface area contributed by atoms with Crippen LogP contribution in [0.2, 0.25) is 0 Å². The van der Waals surface area contributed by atoms with Gasteiger partial charge in [0.15, 0.2) is 0 Å². The predicted molar refractivity (Wildman–Crippen MR) is 104 cm³/mol. The zero-order valence-electron chi connectivity index (χ0n) is 15.3. The van der Waals surface area contributed by atoms with Crippen LogP contribution < -0.4 is 0 Å². The highest BCUT2D eigenvalue weighted by atomic mass is 32.1. The molecule has 0 spiro atoms. The van der Waals surface area contributed by atoms with Crippen molar-refractivity contribution in [3.63, 3.8) is 0 Å². The van der Waals surface area contributed by atoms with Crippen molar-refractivity contribution in [3.05, 3.63) is 52.5 Å². The number of carboxylic acids is 1. The maximum Gasteiger partial charge on any atom is 0.329 e. The van der Waals surface area contributed by atoms with Crippen molar-refractivity contribution in [2.45, 2.75) is 38.8 Å². The van der Waals surface area contributed by atoms with E-state index in [2.05, 4.69) is 5.10 Å². The van der Waals surface area contributed by atoms with Gasteiger partial charge in [-0.05, 0) is 38.3 Å². The van der Waals surface area contributed by atoms with E-state index in [-0.39, 0.29) is 5.91 Å². The van der Waals surface area contributed by atoms with Gasteiger partial charge in [0.1, 0.15) is 10.4 Å². The first-order valence-electron chi connectivity index (χ1n) is 8.96. The second kappa shape index (κ2) is 6.49. The highest BCUT2D eigenvalue weighted by molar-refractivity contribution is 7.20. The fraction of sp³-hybridized carbons (Fsp3) is 0.350. The summed E-state index contributed by atoms with van der Waals surface area (Å²) in [5, 5.41) is 15.1. The number of aliphatic carboxylic acids is 1. The lowest BCUT2D eigenvalue weighted by Crippen LogP contribution is -2.50. The highest BCUT2D eigenvalue weighted by Crippen LogP contribution is 2.35. The van der Waals surface area contributed by atoms with Crippen molar-refractivity contribution in [1.29, 1.82) is 0 Å². The van der Waals surface area contributed by atoms with E-state index in [1.165, 1.54) is 16.2 Å². The summed E-state index contributed by atoms with van der Waals surface area (Å²) in [6, 6.07) is 11.9. The van der Waals surface area contributed by atoms with Crippen LogP contribution in [0.15, 0.2) is 36.4 Å². The molecule has 140 valence electrons. The number of hydrogen-bond donors (Lipinski definition) is 1. The first-order chi connectivity index (χ1) is 12.9. The summed E-state index contributed by atoms with van der Waals surface area (Å²) >= 11 is 1.39. The molecule has 1 atom stereocenters. The van der Waals surface area contributed by atoms with Gasteiger partial charge in [0.05, 0.1) is 17.1 Å². The number of carbonyl (C=O) groups is 2. The number of rotatable bonds is 4. The Hall–Kier alpha value is -2.67. The minimum atomic E-state index is -1.13. The molecule has 3 heterocycles. The van der Waals surface area contributed by atoms with Crippen LogP contribution >= 0.6 is 11.3 Å². The van der Waals surface area contributed by atoms with Gasteiger partial charge in [0.25, 0.3) is 5.91 Å². The van der Waals surface area contributed by atoms with Crippen LogP contribution in [0.4, 0.5) is 0 Å². The molecular formula is C20H21N3O3S. The Bertz CT molecular complexity index is 1020. The van der Waals surface area contributed by atoms with Crippen LogP contribution in [-0.4, -0.2) is 43.7 Å². The number of benzene rings is 1. The number of amides is 1. The Labute approximate surface area is 161 Å². The molecule has 0 radical (unpaired) electrons. The topological polar surface area (TPSA) is 75.4 Å². The summed E-state index contributed by atoms with van der Waals surface area (Å²) in [5.41, 5.74) is 0.887. The molecule has 4 rings (SSSR count). The molecule has 2 aromatic heterocycles. The fourth-order valence-electron chi connectivity index (χ4n) is 3.73. The van der Waals surface area contributed by atoms with Crippen molar-refractivity contribution in [2.24, 2.45) is 0 Å². The number of hydrogen-bond acceptors (Lipinski definition) is 4. The van der Waals surface area contributed by atoms with Gasteiger partial charge >= 0.3 is 5.97 Å². The molecule has 0 saturated carbocycles. The number of carboxylic acid groups (broad SMARTS) is 1. The SMILES string of the molecule is Cc1nn(Cc2ccccc2)c2sc(C(=O)N3CCCC3(C)C(=O)O)cc12. The van der Waals surface area contributed by atoms with Gasteiger partial charge in [-0.1, -0.05) is 30.3 Å². The van der Waals surface area contributed by atoms with E-state index in [1.54, 1.807) is 6.92 Å². The minimum absolute atomic E-state index is 0.204. The van der Waals surface area contributed by atoms with E-state index >= 15 is 0 Å². The zero-order valence-corrected chi connectivity index (χ0v) is 16.1. The van der Waals surface area contributed by atoms with Crippen molar-refractivity contribution in [1.82, 2.24) is 14.7 Å². The summed E-state index contributed by atoms with van der Waals surface area (Å²) in [5.74, 6) is -1.15. The van der Waals surface area contributed by atoms with E-state index in [0.717, 1.165) is 21.5 Å². The van der Waals surface area contributed by atoms with Crippen molar-refractivity contribution in [3.8, 4) is 0 Å². The quantitative estimate of drug-likeness (QED) is 0.748. The summed E-state index contributed by atoms with van der Waals surface area (Å²) in [6.45, 7) is 4.68. The smallest absolute Gasteiger partial charge is 0.329 e. The number of carbonyl (C=O) groups excluding carboxylic acids is 1. The molecule has 1 aliphatic heterocycles. The predicted octanol–water partition coefficient (Wildman–Crippen LogP) is 3.53. The lowest BCUT2D eigenvalue weighted by Gasteiger charge is -2.30. The number of thiophene rings is 1. The molecule has 0 bridgehead atoms. The van der Waals surface area contributed by atoms with Gasteiger partial charge in [-0.2, -0.15) is 5.10 Å². The summed E-state index contributed by atoms with van der Waals surface area (Å²) in [4.78, 5) is 27.8. The molecule has 1 aliphatic rings. The number of likely N-dealkylation sites (tertiary alicyclic amines) is 1. The van der Waals surface area contributed by atoms with Crippen LogP contribution in [0.25, 0.3) is 10.2 Å². The van der Waals surface area contributed by atoms with Gasteiger partial charge < -0.3 is 10.0 Å². The molecule has 1 unspecified atom stereocenters. The maximum absolute atomic E-state index is 13.1. The Morgan fingerprint density at radius 2 is 2.04 bits per heavy atom.